The molecule has 0 aliphatic rings. The maximum Gasteiger partial charge on any atom is 0.0640 e. The fourth-order valence-corrected chi connectivity index (χ4v) is 13.8. The van der Waals surface area contributed by atoms with Crippen LogP contribution in [-0.2, 0) is 5.41 Å². The van der Waals surface area contributed by atoms with Crippen molar-refractivity contribution in [2.45, 2.75) is 26.2 Å². The number of thiophene rings is 2. The molecule has 0 radical (unpaired) electrons. The van der Waals surface area contributed by atoms with Crippen molar-refractivity contribution in [3.8, 4) is 22.3 Å². The van der Waals surface area contributed by atoms with Crippen LogP contribution >= 0.6 is 22.7 Å². The van der Waals surface area contributed by atoms with Crippen LogP contribution in [0.3, 0.4) is 0 Å². The third-order valence-corrected chi connectivity index (χ3v) is 17.1. The van der Waals surface area contributed by atoms with Crippen LogP contribution in [0.1, 0.15) is 26.3 Å². The second kappa shape index (κ2) is 16.7. The summed E-state index contributed by atoms with van der Waals surface area (Å²) in [6.07, 6.45) is 0. The Hall–Kier alpha value is -8.28. The van der Waals surface area contributed by atoms with E-state index in [2.05, 4.69) is 267 Å². The standard InChI is InChI=1S/C68H48N2S2/c1-68(2,3)47-40-45-36-38-54-60(69(56-30-14-10-24-48(56)43-20-6-4-7-21-43)58-32-18-28-52-50-26-12-16-34-62(50)71-66(52)58)42-61(55-39-37-46(41-47)64(45)65(54)55)70(57-31-15-11-25-49(57)44-22-8-5-9-23-44)59-33-19-29-53-51-27-13-17-35-63(51)72-67(53)59/h4-42H,1-3H3. The van der Waals surface area contributed by atoms with Gasteiger partial charge in [-0.3, -0.25) is 0 Å². The summed E-state index contributed by atoms with van der Waals surface area (Å²) in [4.78, 5) is 5.19. The fraction of sp³-hybridized carbons (Fsp3) is 0.0588. The van der Waals surface area contributed by atoms with E-state index in [-0.39, 0.29) is 5.41 Å². The van der Waals surface area contributed by atoms with Crippen molar-refractivity contribution >= 4 is 129 Å². The smallest absolute Gasteiger partial charge is 0.0640 e. The molecule has 0 unspecified atom stereocenters. The number of fused-ring (bicyclic) bond motifs is 6. The van der Waals surface area contributed by atoms with E-state index < -0.39 is 0 Å². The number of hydrogen-bond acceptors (Lipinski definition) is 4. The summed E-state index contributed by atoms with van der Waals surface area (Å²) in [6, 6.07) is 88.3. The van der Waals surface area contributed by atoms with Gasteiger partial charge in [0.2, 0.25) is 0 Å². The highest BCUT2D eigenvalue weighted by Crippen LogP contribution is 2.56. The molecule has 2 aromatic heterocycles. The van der Waals surface area contributed by atoms with Gasteiger partial charge in [0.15, 0.2) is 0 Å². The van der Waals surface area contributed by atoms with Crippen molar-refractivity contribution in [2.75, 3.05) is 9.80 Å². The van der Waals surface area contributed by atoms with E-state index in [0.29, 0.717) is 0 Å². The van der Waals surface area contributed by atoms with Gasteiger partial charge in [-0.1, -0.05) is 215 Å². The normalized spacial score (nSPS) is 12.1. The van der Waals surface area contributed by atoms with Gasteiger partial charge >= 0.3 is 0 Å². The molecule has 0 atom stereocenters. The van der Waals surface area contributed by atoms with Crippen molar-refractivity contribution in [2.24, 2.45) is 0 Å². The molecule has 0 saturated carbocycles. The first kappa shape index (κ1) is 42.6. The number of hydrogen-bond donors (Lipinski definition) is 0. The average molecular weight is 957 g/mol. The van der Waals surface area contributed by atoms with Gasteiger partial charge in [0.25, 0.3) is 0 Å². The van der Waals surface area contributed by atoms with E-state index in [1.165, 1.54) is 100 Å². The molecule has 0 aliphatic carbocycles. The third kappa shape index (κ3) is 6.74. The average Bonchev–Trinajstić information content (AvgIpc) is 4.01. The molecule has 4 heteroatoms. The maximum atomic E-state index is 2.59. The summed E-state index contributed by atoms with van der Waals surface area (Å²) < 4.78 is 5.07. The molecule has 0 bridgehead atoms. The summed E-state index contributed by atoms with van der Waals surface area (Å²) in [5.41, 5.74) is 12.7. The van der Waals surface area contributed by atoms with E-state index in [9.17, 15) is 0 Å². The highest BCUT2D eigenvalue weighted by Gasteiger charge is 2.30. The highest BCUT2D eigenvalue weighted by atomic mass is 32.1. The Morgan fingerprint density at radius 3 is 1.18 bits per heavy atom. The van der Waals surface area contributed by atoms with Crippen LogP contribution in [0.2, 0.25) is 0 Å². The SMILES string of the molecule is CC(C)(C)c1cc2ccc3c(N(c4ccccc4-c4ccccc4)c4cccc5c4sc4ccccc45)cc(N(c4ccccc4-c4ccccc4)c4cccc5c4sc4ccccc45)c4ccc(c1)c2c34. The summed E-state index contributed by atoms with van der Waals surface area (Å²) in [5, 5.41) is 12.5. The summed E-state index contributed by atoms with van der Waals surface area (Å²) >= 11 is 3.76. The van der Waals surface area contributed by atoms with Crippen molar-refractivity contribution in [1.82, 2.24) is 0 Å². The molecule has 0 fully saturated rings. The molecule has 0 saturated heterocycles. The number of rotatable bonds is 8. The molecular weight excluding hydrogens is 909 g/mol. The lowest BCUT2D eigenvalue weighted by atomic mass is 9.83. The zero-order valence-electron chi connectivity index (χ0n) is 40.2. The van der Waals surface area contributed by atoms with Crippen molar-refractivity contribution in [1.29, 1.82) is 0 Å². The van der Waals surface area contributed by atoms with Crippen molar-refractivity contribution in [3.63, 3.8) is 0 Å². The minimum Gasteiger partial charge on any atom is -0.308 e. The van der Waals surface area contributed by atoms with Gasteiger partial charge in [-0.05, 0) is 80.7 Å². The Kier molecular flexibility index (Phi) is 9.86. The van der Waals surface area contributed by atoms with Crippen LogP contribution in [0.15, 0.2) is 237 Å². The summed E-state index contributed by atoms with van der Waals surface area (Å²) in [5.74, 6) is 0. The maximum absolute atomic E-state index is 2.59. The van der Waals surface area contributed by atoms with Crippen LogP contribution in [-0.4, -0.2) is 0 Å². The topological polar surface area (TPSA) is 6.48 Å². The molecule has 0 N–H and O–H groups in total. The minimum atomic E-state index is -0.0253. The van der Waals surface area contributed by atoms with Crippen molar-refractivity contribution in [3.05, 3.63) is 242 Å². The minimum absolute atomic E-state index is 0.0253. The largest absolute Gasteiger partial charge is 0.308 e. The van der Waals surface area contributed by atoms with E-state index in [0.717, 1.165) is 34.1 Å². The van der Waals surface area contributed by atoms with Gasteiger partial charge < -0.3 is 9.80 Å². The zero-order chi connectivity index (χ0) is 48.1. The molecule has 0 spiro atoms. The Labute approximate surface area is 427 Å². The first-order valence-electron chi connectivity index (χ1n) is 24.8. The molecule has 342 valence electrons. The molecular formula is C68H48N2S2. The van der Waals surface area contributed by atoms with Gasteiger partial charge in [0, 0.05) is 58.2 Å². The van der Waals surface area contributed by atoms with Crippen LogP contribution in [0.5, 0.6) is 0 Å². The van der Waals surface area contributed by atoms with Gasteiger partial charge in [-0.15, -0.1) is 22.7 Å². The predicted octanol–water partition coefficient (Wildman–Crippen LogP) is 20.9. The lowest BCUT2D eigenvalue weighted by molar-refractivity contribution is 0.591. The second-order valence-corrected chi connectivity index (χ2v) is 22.1. The monoisotopic (exact) mass is 956 g/mol. The summed E-state index contributed by atoms with van der Waals surface area (Å²) in [6.45, 7) is 6.97. The van der Waals surface area contributed by atoms with Crippen LogP contribution in [0.25, 0.3) is 94.9 Å². The van der Waals surface area contributed by atoms with E-state index in [1.54, 1.807) is 0 Å². The third-order valence-electron chi connectivity index (χ3n) is 14.7. The van der Waals surface area contributed by atoms with Gasteiger partial charge in [-0.25, -0.2) is 0 Å². The van der Waals surface area contributed by atoms with Gasteiger partial charge in [-0.2, -0.15) is 0 Å². The van der Waals surface area contributed by atoms with E-state index in [1.807, 2.05) is 22.7 Å². The molecule has 14 rings (SSSR count). The molecule has 0 aliphatic heterocycles. The van der Waals surface area contributed by atoms with E-state index in [4.69, 9.17) is 0 Å². The summed E-state index contributed by atoms with van der Waals surface area (Å²) in [7, 11) is 0. The second-order valence-electron chi connectivity index (χ2n) is 20.0. The first-order valence-corrected chi connectivity index (χ1v) is 26.5. The highest BCUT2D eigenvalue weighted by molar-refractivity contribution is 7.26. The Morgan fingerprint density at radius 1 is 0.306 bits per heavy atom. The number of para-hydroxylation sites is 2. The molecule has 14 aromatic rings. The molecule has 72 heavy (non-hydrogen) atoms. The molecule has 2 nitrogen and oxygen atoms in total. The lowest BCUT2D eigenvalue weighted by Crippen LogP contribution is -2.16. The molecule has 0 amide bonds. The van der Waals surface area contributed by atoms with Crippen LogP contribution in [0.4, 0.5) is 34.1 Å². The molecule has 12 aromatic carbocycles. The van der Waals surface area contributed by atoms with Crippen LogP contribution in [0, 0.1) is 0 Å². The Bertz CT molecular complexity index is 4120. The van der Waals surface area contributed by atoms with Gasteiger partial charge in [0.1, 0.15) is 0 Å². The predicted molar refractivity (Wildman–Crippen MR) is 315 cm³/mol. The van der Waals surface area contributed by atoms with Crippen molar-refractivity contribution < 1.29 is 0 Å². The van der Waals surface area contributed by atoms with Gasteiger partial charge in [0.05, 0.1) is 43.5 Å². The lowest BCUT2D eigenvalue weighted by Gasteiger charge is -2.34. The fourth-order valence-electron chi connectivity index (χ4n) is 11.3. The molecule has 2 heterocycles. The Morgan fingerprint density at radius 2 is 0.708 bits per heavy atom. The zero-order valence-corrected chi connectivity index (χ0v) is 41.9. The first-order chi connectivity index (χ1) is 35.4. The van der Waals surface area contributed by atoms with Crippen LogP contribution < -0.4 is 9.80 Å². The number of nitrogens with zero attached hydrogens (tertiary/aromatic N) is 2. The quantitative estimate of drug-likeness (QED) is 0.140. The number of benzene rings is 12. The number of anilines is 6. The van der Waals surface area contributed by atoms with E-state index >= 15 is 0 Å². The Balaban J connectivity index is 1.18.